The number of benzene rings is 1. The van der Waals surface area contributed by atoms with Crippen LogP contribution in [-0.4, -0.2) is 9.97 Å². The molecule has 1 aliphatic carbocycles. The maximum absolute atomic E-state index is 12.4. The number of fused-ring (bicyclic) bond motifs is 3. The number of rotatable bonds is 2. The third-order valence-electron chi connectivity index (χ3n) is 4.20. The minimum Gasteiger partial charge on any atom is -0.306 e. The largest absolute Gasteiger partial charge is 0.306 e. The first-order chi connectivity index (χ1) is 10.7. The smallest absolute Gasteiger partial charge is 0.260 e. The minimum atomic E-state index is -0.00571. The summed E-state index contributed by atoms with van der Waals surface area (Å²) in [6.45, 7) is 2.07. The fourth-order valence-corrected chi connectivity index (χ4v) is 4.31. The Kier molecular flexibility index (Phi) is 3.19. The molecule has 0 atom stereocenters. The second-order valence-electron chi connectivity index (χ2n) is 5.68. The first kappa shape index (κ1) is 13.5. The lowest BCUT2D eigenvalue weighted by Gasteiger charge is -1.99. The Bertz CT molecular complexity index is 949. The van der Waals surface area contributed by atoms with Crippen molar-refractivity contribution >= 4 is 33.7 Å². The van der Waals surface area contributed by atoms with Gasteiger partial charge in [0, 0.05) is 4.88 Å². The van der Waals surface area contributed by atoms with Gasteiger partial charge in [-0.1, -0.05) is 30.3 Å². The third-order valence-corrected chi connectivity index (χ3v) is 5.39. The highest BCUT2D eigenvalue weighted by Crippen LogP contribution is 2.34. The predicted octanol–water partition coefficient (Wildman–Crippen LogP) is 3.95. The Morgan fingerprint density at radius 3 is 2.95 bits per heavy atom. The van der Waals surface area contributed by atoms with Crippen LogP contribution in [0.1, 0.15) is 33.8 Å². The summed E-state index contributed by atoms with van der Waals surface area (Å²) in [6.07, 6.45) is 7.14. The summed E-state index contributed by atoms with van der Waals surface area (Å²) in [7, 11) is 0. The van der Waals surface area contributed by atoms with Crippen molar-refractivity contribution in [3.05, 3.63) is 62.0 Å². The van der Waals surface area contributed by atoms with Crippen molar-refractivity contribution in [1.29, 1.82) is 0 Å². The molecule has 2 heterocycles. The van der Waals surface area contributed by atoms with E-state index >= 15 is 0 Å². The molecule has 2 aromatic heterocycles. The zero-order valence-corrected chi connectivity index (χ0v) is 13.2. The lowest BCUT2D eigenvalue weighted by atomic mass is 10.1. The van der Waals surface area contributed by atoms with Gasteiger partial charge >= 0.3 is 0 Å². The summed E-state index contributed by atoms with van der Waals surface area (Å²) < 4.78 is 0. The molecule has 0 fully saturated rings. The highest BCUT2D eigenvalue weighted by Gasteiger charge is 2.20. The van der Waals surface area contributed by atoms with Gasteiger partial charge < -0.3 is 4.98 Å². The van der Waals surface area contributed by atoms with Gasteiger partial charge in [0.25, 0.3) is 5.56 Å². The highest BCUT2D eigenvalue weighted by atomic mass is 32.1. The summed E-state index contributed by atoms with van der Waals surface area (Å²) in [6, 6.07) is 8.16. The van der Waals surface area contributed by atoms with Crippen LogP contribution >= 0.6 is 11.3 Å². The first-order valence-electron chi connectivity index (χ1n) is 7.50. The molecule has 0 amide bonds. The van der Waals surface area contributed by atoms with Crippen LogP contribution in [0.3, 0.4) is 0 Å². The summed E-state index contributed by atoms with van der Waals surface area (Å²) in [4.78, 5) is 22.1. The van der Waals surface area contributed by atoms with Crippen LogP contribution in [0.25, 0.3) is 22.4 Å². The molecule has 4 heteroatoms. The number of aromatic amines is 1. The van der Waals surface area contributed by atoms with E-state index in [1.807, 2.05) is 24.3 Å². The number of nitrogens with zero attached hydrogens (tertiary/aromatic N) is 1. The molecule has 22 heavy (non-hydrogen) atoms. The maximum atomic E-state index is 12.4. The Morgan fingerprint density at radius 2 is 2.09 bits per heavy atom. The van der Waals surface area contributed by atoms with E-state index in [2.05, 4.69) is 29.0 Å². The molecule has 1 N–H and O–H groups in total. The number of hydrogen-bond donors (Lipinski definition) is 1. The van der Waals surface area contributed by atoms with Crippen LogP contribution in [0.5, 0.6) is 0 Å². The summed E-state index contributed by atoms with van der Waals surface area (Å²) in [5, 5.41) is 0.811. The zero-order valence-electron chi connectivity index (χ0n) is 12.3. The highest BCUT2D eigenvalue weighted by molar-refractivity contribution is 7.18. The second-order valence-corrected chi connectivity index (χ2v) is 6.76. The zero-order chi connectivity index (χ0) is 15.1. The van der Waals surface area contributed by atoms with Crippen molar-refractivity contribution in [3.63, 3.8) is 0 Å². The van der Waals surface area contributed by atoms with E-state index in [4.69, 9.17) is 0 Å². The maximum Gasteiger partial charge on any atom is 0.260 e. The Hall–Kier alpha value is -2.20. The third kappa shape index (κ3) is 2.20. The lowest BCUT2D eigenvalue weighted by Crippen LogP contribution is -2.09. The van der Waals surface area contributed by atoms with E-state index in [0.29, 0.717) is 5.82 Å². The number of thiophene rings is 1. The van der Waals surface area contributed by atoms with Gasteiger partial charge in [-0.25, -0.2) is 4.98 Å². The van der Waals surface area contributed by atoms with Crippen LogP contribution < -0.4 is 5.56 Å². The van der Waals surface area contributed by atoms with Gasteiger partial charge in [0.1, 0.15) is 10.7 Å². The van der Waals surface area contributed by atoms with E-state index in [0.717, 1.165) is 35.0 Å². The predicted molar refractivity (Wildman–Crippen MR) is 92.4 cm³/mol. The molecule has 1 aromatic carbocycles. The van der Waals surface area contributed by atoms with E-state index in [-0.39, 0.29) is 5.56 Å². The van der Waals surface area contributed by atoms with Gasteiger partial charge in [-0.3, -0.25) is 4.79 Å². The molecule has 3 aromatic rings. The standard InChI is InChI=1S/C18H16N2OS/c1-11-5-2-3-6-12(11)9-10-15-19-17(21)16-13-7-4-8-14(13)22-18(16)20-15/h2-3,5-6,9-10H,4,7-8H2,1H3,(H,19,20,21)/b10-9+. The van der Waals surface area contributed by atoms with Gasteiger partial charge in [-0.05, 0) is 49.0 Å². The summed E-state index contributed by atoms with van der Waals surface area (Å²) in [5.74, 6) is 0.626. The number of hydrogen-bond acceptors (Lipinski definition) is 3. The van der Waals surface area contributed by atoms with Crippen LogP contribution in [0.4, 0.5) is 0 Å². The fourth-order valence-electron chi connectivity index (χ4n) is 3.04. The molecule has 4 rings (SSSR count). The first-order valence-corrected chi connectivity index (χ1v) is 8.32. The second kappa shape index (κ2) is 5.21. The molecule has 3 nitrogen and oxygen atoms in total. The van der Waals surface area contributed by atoms with Crippen molar-refractivity contribution in [3.8, 4) is 0 Å². The fraction of sp³-hybridized carbons (Fsp3) is 0.222. The molecule has 0 saturated heterocycles. The van der Waals surface area contributed by atoms with Crippen LogP contribution in [0.2, 0.25) is 0 Å². The van der Waals surface area contributed by atoms with Crippen LogP contribution in [-0.2, 0) is 12.8 Å². The van der Waals surface area contributed by atoms with Crippen molar-refractivity contribution in [2.75, 3.05) is 0 Å². The normalized spacial score (nSPS) is 14.0. The van der Waals surface area contributed by atoms with Crippen LogP contribution in [0.15, 0.2) is 29.1 Å². The Labute approximate surface area is 132 Å². The summed E-state index contributed by atoms with van der Waals surface area (Å²) >= 11 is 1.67. The average molecular weight is 308 g/mol. The molecule has 0 unspecified atom stereocenters. The van der Waals surface area contributed by atoms with Gasteiger partial charge in [0.2, 0.25) is 0 Å². The van der Waals surface area contributed by atoms with E-state index in [9.17, 15) is 4.79 Å². The molecular formula is C18H16N2OS. The van der Waals surface area contributed by atoms with Crippen LogP contribution in [0, 0.1) is 6.92 Å². The van der Waals surface area contributed by atoms with Crippen molar-refractivity contribution in [2.45, 2.75) is 26.2 Å². The molecule has 0 aliphatic heterocycles. The average Bonchev–Trinajstić information content (AvgIpc) is 3.06. The molecule has 0 radical (unpaired) electrons. The monoisotopic (exact) mass is 308 g/mol. The van der Waals surface area contributed by atoms with Crippen molar-refractivity contribution in [1.82, 2.24) is 9.97 Å². The van der Waals surface area contributed by atoms with Gasteiger partial charge in [-0.15, -0.1) is 11.3 Å². The lowest BCUT2D eigenvalue weighted by molar-refractivity contribution is 0.916. The molecule has 110 valence electrons. The number of aromatic nitrogens is 2. The van der Waals surface area contributed by atoms with Gasteiger partial charge in [0.15, 0.2) is 0 Å². The SMILES string of the molecule is Cc1ccccc1/C=C/c1nc2sc3c(c2c(=O)[nH]1)CCC3. The number of aryl methyl sites for hydroxylation is 3. The number of H-pyrrole nitrogens is 1. The Morgan fingerprint density at radius 1 is 1.23 bits per heavy atom. The van der Waals surface area contributed by atoms with Crippen molar-refractivity contribution < 1.29 is 0 Å². The Balaban J connectivity index is 1.77. The molecule has 1 aliphatic rings. The topological polar surface area (TPSA) is 45.8 Å². The van der Waals surface area contributed by atoms with E-state index in [1.54, 1.807) is 11.3 Å². The minimum absolute atomic E-state index is 0.00571. The molecular weight excluding hydrogens is 292 g/mol. The molecule has 0 spiro atoms. The quantitative estimate of drug-likeness (QED) is 0.779. The molecule has 0 saturated carbocycles. The van der Waals surface area contributed by atoms with E-state index in [1.165, 1.54) is 16.0 Å². The van der Waals surface area contributed by atoms with E-state index < -0.39 is 0 Å². The van der Waals surface area contributed by atoms with Gasteiger partial charge in [-0.2, -0.15) is 0 Å². The van der Waals surface area contributed by atoms with Crippen molar-refractivity contribution in [2.24, 2.45) is 0 Å². The van der Waals surface area contributed by atoms with Gasteiger partial charge in [0.05, 0.1) is 5.39 Å². The molecule has 0 bridgehead atoms. The number of nitrogens with one attached hydrogen (secondary N) is 1. The summed E-state index contributed by atoms with van der Waals surface area (Å²) in [5.41, 5.74) is 3.56.